The number of aromatic nitrogens is 2. The maximum atomic E-state index is 12.8. The van der Waals surface area contributed by atoms with Gasteiger partial charge in [-0.15, -0.1) is 0 Å². The largest absolute Gasteiger partial charge is 0.487 e. The molecule has 0 N–H and O–H groups in total. The SMILES string of the molecule is Cc1ccc(OC2CCN(S(=O)(=O)Cc3noc4ccccc34)C2)cn1. The molecule has 7 nitrogen and oxygen atoms in total. The standard InChI is InChI=1S/C18H19N3O4S/c1-13-6-7-14(10-19-13)24-15-8-9-21(11-15)26(22,23)12-17-16-4-2-3-5-18(16)25-20-17/h2-7,10,15H,8-9,11-12H2,1H3. The maximum Gasteiger partial charge on any atom is 0.220 e. The molecule has 1 saturated heterocycles. The molecule has 26 heavy (non-hydrogen) atoms. The molecule has 8 heteroatoms. The second-order valence-electron chi connectivity index (χ2n) is 6.40. The summed E-state index contributed by atoms with van der Waals surface area (Å²) in [6.45, 7) is 2.66. The molecule has 1 aliphatic heterocycles. The minimum Gasteiger partial charge on any atom is -0.487 e. The van der Waals surface area contributed by atoms with Gasteiger partial charge in [-0.25, -0.2) is 8.42 Å². The molecular weight excluding hydrogens is 354 g/mol. The van der Waals surface area contributed by atoms with Gasteiger partial charge in [0.1, 0.15) is 23.3 Å². The van der Waals surface area contributed by atoms with E-state index < -0.39 is 10.0 Å². The highest BCUT2D eigenvalue weighted by Crippen LogP contribution is 2.24. The monoisotopic (exact) mass is 373 g/mol. The average Bonchev–Trinajstić information content (AvgIpc) is 3.25. The number of rotatable bonds is 5. The maximum absolute atomic E-state index is 12.8. The van der Waals surface area contributed by atoms with Gasteiger partial charge in [-0.05, 0) is 37.6 Å². The molecule has 1 fully saturated rings. The fourth-order valence-corrected chi connectivity index (χ4v) is 4.58. The minimum absolute atomic E-state index is 0.177. The Kier molecular flexibility index (Phi) is 4.37. The minimum atomic E-state index is -3.49. The predicted molar refractivity (Wildman–Crippen MR) is 96.2 cm³/mol. The van der Waals surface area contributed by atoms with E-state index in [0.29, 0.717) is 36.5 Å². The molecule has 0 saturated carbocycles. The highest BCUT2D eigenvalue weighted by Gasteiger charge is 2.33. The second-order valence-corrected chi connectivity index (χ2v) is 8.37. The summed E-state index contributed by atoms with van der Waals surface area (Å²) < 4.78 is 38.0. The average molecular weight is 373 g/mol. The van der Waals surface area contributed by atoms with Crippen LogP contribution in [0.15, 0.2) is 47.1 Å². The van der Waals surface area contributed by atoms with E-state index >= 15 is 0 Å². The number of ether oxygens (including phenoxy) is 1. The van der Waals surface area contributed by atoms with Crippen LogP contribution in [0, 0.1) is 6.92 Å². The van der Waals surface area contributed by atoms with Gasteiger partial charge in [0.25, 0.3) is 0 Å². The van der Waals surface area contributed by atoms with Gasteiger partial charge < -0.3 is 9.26 Å². The first-order valence-corrected chi connectivity index (χ1v) is 10.0. The third-order valence-electron chi connectivity index (χ3n) is 4.46. The van der Waals surface area contributed by atoms with Gasteiger partial charge in [0.2, 0.25) is 10.0 Å². The quantitative estimate of drug-likeness (QED) is 0.683. The summed E-state index contributed by atoms with van der Waals surface area (Å²) in [4.78, 5) is 4.19. The van der Waals surface area contributed by atoms with E-state index in [9.17, 15) is 8.42 Å². The molecule has 3 aromatic rings. The number of hydrogen-bond donors (Lipinski definition) is 0. The van der Waals surface area contributed by atoms with Crippen LogP contribution in [0.5, 0.6) is 5.75 Å². The van der Waals surface area contributed by atoms with E-state index in [2.05, 4.69) is 10.1 Å². The van der Waals surface area contributed by atoms with E-state index in [4.69, 9.17) is 9.26 Å². The first-order chi connectivity index (χ1) is 12.5. The number of benzene rings is 1. The number of hydrogen-bond acceptors (Lipinski definition) is 6. The predicted octanol–water partition coefficient (Wildman–Crippen LogP) is 2.51. The van der Waals surface area contributed by atoms with Crippen LogP contribution in [0.25, 0.3) is 11.0 Å². The van der Waals surface area contributed by atoms with E-state index in [1.54, 1.807) is 12.3 Å². The highest BCUT2D eigenvalue weighted by molar-refractivity contribution is 7.88. The molecule has 136 valence electrons. The molecule has 1 aliphatic rings. The Bertz CT molecular complexity index is 1010. The third kappa shape index (κ3) is 3.42. The Morgan fingerprint density at radius 2 is 2.12 bits per heavy atom. The fourth-order valence-electron chi connectivity index (χ4n) is 3.07. The van der Waals surface area contributed by atoms with Crippen LogP contribution in [0.4, 0.5) is 0 Å². The molecule has 0 amide bonds. The van der Waals surface area contributed by atoms with Crippen LogP contribution in [0.2, 0.25) is 0 Å². The third-order valence-corrected chi connectivity index (χ3v) is 6.22. The van der Waals surface area contributed by atoms with Gasteiger partial charge in [-0.1, -0.05) is 17.3 Å². The summed E-state index contributed by atoms with van der Waals surface area (Å²) in [7, 11) is -3.49. The van der Waals surface area contributed by atoms with Crippen LogP contribution in [-0.4, -0.2) is 42.1 Å². The van der Waals surface area contributed by atoms with Crippen molar-refractivity contribution >= 4 is 21.0 Å². The zero-order valence-corrected chi connectivity index (χ0v) is 15.1. The Morgan fingerprint density at radius 1 is 1.27 bits per heavy atom. The van der Waals surface area contributed by atoms with E-state index in [1.165, 1.54) is 4.31 Å². The van der Waals surface area contributed by atoms with Crippen LogP contribution in [0.3, 0.4) is 0 Å². The number of pyridine rings is 1. The van der Waals surface area contributed by atoms with E-state index in [1.807, 2.05) is 37.3 Å². The van der Waals surface area contributed by atoms with Crippen LogP contribution >= 0.6 is 0 Å². The molecular formula is C18H19N3O4S. The lowest BCUT2D eigenvalue weighted by atomic mass is 10.2. The number of para-hydroxylation sites is 1. The van der Waals surface area contributed by atoms with Crippen LogP contribution in [0.1, 0.15) is 17.8 Å². The van der Waals surface area contributed by atoms with E-state index in [-0.39, 0.29) is 11.9 Å². The lowest BCUT2D eigenvalue weighted by Crippen LogP contribution is -2.32. The highest BCUT2D eigenvalue weighted by atomic mass is 32.2. The van der Waals surface area contributed by atoms with Gasteiger partial charge in [0.05, 0.1) is 12.7 Å². The lowest BCUT2D eigenvalue weighted by Gasteiger charge is -2.16. The van der Waals surface area contributed by atoms with Crippen molar-refractivity contribution in [2.45, 2.75) is 25.2 Å². The fraction of sp³-hybridized carbons (Fsp3) is 0.333. The summed E-state index contributed by atoms with van der Waals surface area (Å²) in [6, 6.07) is 11.0. The van der Waals surface area contributed by atoms with Gasteiger partial charge in [0, 0.05) is 17.6 Å². The molecule has 0 aliphatic carbocycles. The summed E-state index contributed by atoms with van der Waals surface area (Å²) in [5.74, 6) is 0.477. The van der Waals surface area contributed by atoms with Crippen LogP contribution in [-0.2, 0) is 15.8 Å². The smallest absolute Gasteiger partial charge is 0.220 e. The molecule has 1 unspecified atom stereocenters. The summed E-state index contributed by atoms with van der Waals surface area (Å²) >= 11 is 0. The van der Waals surface area contributed by atoms with Gasteiger partial charge >= 0.3 is 0 Å². The topological polar surface area (TPSA) is 85.5 Å². The Labute approximate surface area is 151 Å². The van der Waals surface area contributed by atoms with Gasteiger partial charge in [-0.3, -0.25) is 4.98 Å². The van der Waals surface area contributed by atoms with Crippen molar-refractivity contribution in [1.29, 1.82) is 0 Å². The first kappa shape index (κ1) is 17.0. The molecule has 1 atom stereocenters. The lowest BCUT2D eigenvalue weighted by molar-refractivity contribution is 0.214. The Hall–Kier alpha value is -2.45. The van der Waals surface area contributed by atoms with Crippen molar-refractivity contribution in [2.24, 2.45) is 0 Å². The van der Waals surface area contributed by atoms with Crippen molar-refractivity contribution in [1.82, 2.24) is 14.4 Å². The number of sulfonamides is 1. The molecule has 0 spiro atoms. The molecule has 0 bridgehead atoms. The molecule has 0 radical (unpaired) electrons. The number of fused-ring (bicyclic) bond motifs is 1. The zero-order valence-electron chi connectivity index (χ0n) is 14.3. The number of nitrogens with zero attached hydrogens (tertiary/aromatic N) is 3. The zero-order chi connectivity index (χ0) is 18.1. The molecule has 3 heterocycles. The Balaban J connectivity index is 1.44. The van der Waals surface area contributed by atoms with Crippen molar-refractivity contribution in [3.05, 3.63) is 54.0 Å². The summed E-state index contributed by atoms with van der Waals surface area (Å²) in [5.41, 5.74) is 1.94. The van der Waals surface area contributed by atoms with Gasteiger partial charge in [0.15, 0.2) is 5.58 Å². The molecule has 1 aromatic carbocycles. The molecule has 2 aromatic heterocycles. The molecule has 4 rings (SSSR count). The second kappa shape index (κ2) is 6.69. The van der Waals surface area contributed by atoms with Crippen molar-refractivity contribution < 1.29 is 17.7 Å². The normalized spacial score (nSPS) is 18.4. The Morgan fingerprint density at radius 3 is 2.92 bits per heavy atom. The van der Waals surface area contributed by atoms with Crippen molar-refractivity contribution in [3.63, 3.8) is 0 Å². The summed E-state index contributed by atoms with van der Waals surface area (Å²) in [6.07, 6.45) is 2.13. The van der Waals surface area contributed by atoms with E-state index in [0.717, 1.165) is 11.1 Å². The number of aryl methyl sites for hydroxylation is 1. The first-order valence-electron chi connectivity index (χ1n) is 8.42. The van der Waals surface area contributed by atoms with Gasteiger partial charge in [-0.2, -0.15) is 4.31 Å². The van der Waals surface area contributed by atoms with Crippen molar-refractivity contribution in [2.75, 3.05) is 13.1 Å². The van der Waals surface area contributed by atoms with Crippen molar-refractivity contribution in [3.8, 4) is 5.75 Å². The van der Waals surface area contributed by atoms with Crippen LogP contribution < -0.4 is 4.74 Å². The summed E-state index contributed by atoms with van der Waals surface area (Å²) in [5, 5.41) is 4.66.